The van der Waals surface area contributed by atoms with Crippen molar-refractivity contribution in [3.63, 3.8) is 0 Å². The summed E-state index contributed by atoms with van der Waals surface area (Å²) >= 11 is 6.26. The van der Waals surface area contributed by atoms with Crippen LogP contribution >= 0.6 is 11.6 Å². The first kappa shape index (κ1) is 15.3. The lowest BCUT2D eigenvalue weighted by molar-refractivity contribution is -0.114. The number of anilines is 1. The van der Waals surface area contributed by atoms with Gasteiger partial charge in [0.1, 0.15) is 12.4 Å². The Morgan fingerprint density at radius 2 is 2.04 bits per heavy atom. The zero-order valence-electron chi connectivity index (χ0n) is 12.5. The van der Waals surface area contributed by atoms with Gasteiger partial charge in [0.25, 0.3) is 0 Å². The molecule has 0 aliphatic rings. The lowest BCUT2D eigenvalue weighted by Crippen LogP contribution is -2.09. The van der Waals surface area contributed by atoms with Gasteiger partial charge in [0.15, 0.2) is 0 Å². The molecule has 0 fully saturated rings. The fourth-order valence-corrected chi connectivity index (χ4v) is 2.61. The number of fused-ring (bicyclic) bond motifs is 1. The van der Waals surface area contributed by atoms with Crippen molar-refractivity contribution in [2.24, 2.45) is 0 Å². The van der Waals surface area contributed by atoms with Crippen molar-refractivity contribution in [3.05, 3.63) is 65.4 Å². The maximum Gasteiger partial charge on any atom is 0.221 e. The number of nitrogens with one attached hydrogen (secondary N) is 1. The molecule has 3 aromatic rings. The number of carbonyl (C=O) groups is 1. The first-order valence-corrected chi connectivity index (χ1v) is 7.53. The zero-order valence-corrected chi connectivity index (χ0v) is 13.3. The molecule has 1 amide bonds. The summed E-state index contributed by atoms with van der Waals surface area (Å²) in [6.45, 7) is 1.72. The van der Waals surface area contributed by atoms with Crippen LogP contribution in [0.2, 0.25) is 5.02 Å². The normalized spacial score (nSPS) is 10.5. The lowest BCUT2D eigenvalue weighted by Gasteiger charge is -2.14. The monoisotopic (exact) mass is 326 g/mol. The van der Waals surface area contributed by atoms with Gasteiger partial charge in [-0.15, -0.1) is 0 Å². The van der Waals surface area contributed by atoms with Crippen molar-refractivity contribution >= 4 is 34.0 Å². The summed E-state index contributed by atoms with van der Waals surface area (Å²) < 4.78 is 5.94. The van der Waals surface area contributed by atoms with E-state index in [0.29, 0.717) is 10.7 Å². The number of hydrogen-bond acceptors (Lipinski definition) is 3. The Labute approximate surface area is 139 Å². The van der Waals surface area contributed by atoms with Crippen molar-refractivity contribution in [1.29, 1.82) is 0 Å². The fourth-order valence-electron chi connectivity index (χ4n) is 2.38. The molecule has 0 spiro atoms. The number of carbonyl (C=O) groups excluding carboxylic acids is 1. The minimum atomic E-state index is -0.148. The van der Waals surface area contributed by atoms with Gasteiger partial charge < -0.3 is 10.1 Å². The topological polar surface area (TPSA) is 51.2 Å². The molecule has 1 heterocycles. The molecule has 0 saturated carbocycles. The number of aromatic nitrogens is 1. The third kappa shape index (κ3) is 3.43. The Bertz CT molecular complexity index is 859. The highest BCUT2D eigenvalue weighted by molar-refractivity contribution is 6.31. The average molecular weight is 327 g/mol. The number of rotatable bonds is 4. The molecule has 0 saturated heterocycles. The van der Waals surface area contributed by atoms with Crippen LogP contribution in [0.1, 0.15) is 12.5 Å². The van der Waals surface area contributed by atoms with E-state index in [1.165, 1.54) is 6.92 Å². The third-order valence-electron chi connectivity index (χ3n) is 3.44. The van der Waals surface area contributed by atoms with Gasteiger partial charge in [-0.2, -0.15) is 0 Å². The number of amides is 1. The maximum atomic E-state index is 11.3. The van der Waals surface area contributed by atoms with Gasteiger partial charge in [-0.05, 0) is 24.3 Å². The minimum absolute atomic E-state index is 0.148. The van der Waals surface area contributed by atoms with Crippen molar-refractivity contribution in [1.82, 2.24) is 4.98 Å². The number of pyridine rings is 1. The quantitative estimate of drug-likeness (QED) is 0.771. The fraction of sp³-hybridized carbons (Fsp3) is 0.111. The number of ether oxygens (including phenoxy) is 1. The van der Waals surface area contributed by atoms with Crippen LogP contribution in [0, 0.1) is 0 Å². The third-order valence-corrected chi connectivity index (χ3v) is 3.80. The first-order chi connectivity index (χ1) is 11.1. The summed E-state index contributed by atoms with van der Waals surface area (Å²) in [4.78, 5) is 15.4. The van der Waals surface area contributed by atoms with Gasteiger partial charge >= 0.3 is 0 Å². The Balaban J connectivity index is 1.89. The number of hydrogen-bond donors (Lipinski definition) is 1. The highest BCUT2D eigenvalue weighted by atomic mass is 35.5. The SMILES string of the molecule is CC(=O)Nc1cccc(Cl)c1COc1cccc2cnccc12. The van der Waals surface area contributed by atoms with Crippen molar-refractivity contribution in [2.45, 2.75) is 13.5 Å². The van der Waals surface area contributed by atoms with Gasteiger partial charge in [-0.1, -0.05) is 29.8 Å². The van der Waals surface area contributed by atoms with E-state index < -0.39 is 0 Å². The van der Waals surface area contributed by atoms with E-state index in [1.54, 1.807) is 30.6 Å². The van der Waals surface area contributed by atoms with Gasteiger partial charge in [0.2, 0.25) is 5.91 Å². The summed E-state index contributed by atoms with van der Waals surface area (Å²) in [6, 6.07) is 13.1. The minimum Gasteiger partial charge on any atom is -0.488 e. The summed E-state index contributed by atoms with van der Waals surface area (Å²) in [5.41, 5.74) is 1.40. The largest absolute Gasteiger partial charge is 0.488 e. The Morgan fingerprint density at radius 3 is 2.87 bits per heavy atom. The van der Waals surface area contributed by atoms with Crippen molar-refractivity contribution < 1.29 is 9.53 Å². The molecule has 0 aliphatic heterocycles. The number of nitrogens with zero attached hydrogens (tertiary/aromatic N) is 1. The second-order valence-corrected chi connectivity index (χ2v) is 5.50. The average Bonchev–Trinajstić information content (AvgIpc) is 2.54. The molecule has 2 aromatic carbocycles. The predicted octanol–water partition coefficient (Wildman–Crippen LogP) is 4.43. The molecule has 1 N–H and O–H groups in total. The molecule has 0 radical (unpaired) electrons. The molecule has 3 rings (SSSR count). The second kappa shape index (κ2) is 6.67. The standard InChI is InChI=1S/C18H15ClN2O2/c1-12(22)21-17-6-3-5-16(19)15(17)11-23-18-7-2-4-13-10-20-9-8-14(13)18/h2-10H,11H2,1H3,(H,21,22). The Hall–Kier alpha value is -2.59. The summed E-state index contributed by atoms with van der Waals surface area (Å²) in [7, 11) is 0. The number of halogens is 1. The van der Waals surface area contributed by atoms with Crippen LogP contribution < -0.4 is 10.1 Å². The molecule has 0 unspecified atom stereocenters. The van der Waals surface area contributed by atoms with Crippen LogP contribution in [0.25, 0.3) is 10.8 Å². The van der Waals surface area contributed by atoms with Gasteiger partial charge in [0, 0.05) is 46.4 Å². The summed E-state index contributed by atoms with van der Waals surface area (Å²) in [5, 5.41) is 5.32. The van der Waals surface area contributed by atoms with E-state index >= 15 is 0 Å². The first-order valence-electron chi connectivity index (χ1n) is 7.15. The van der Waals surface area contributed by atoms with Crippen LogP contribution in [-0.4, -0.2) is 10.9 Å². The van der Waals surface area contributed by atoms with Crippen LogP contribution in [0.5, 0.6) is 5.75 Å². The van der Waals surface area contributed by atoms with Gasteiger partial charge in [0.05, 0.1) is 0 Å². The van der Waals surface area contributed by atoms with Gasteiger partial charge in [-0.3, -0.25) is 9.78 Å². The molecule has 116 valence electrons. The van der Waals surface area contributed by atoms with E-state index in [4.69, 9.17) is 16.3 Å². The van der Waals surface area contributed by atoms with Crippen LogP contribution in [0.3, 0.4) is 0 Å². The lowest BCUT2D eigenvalue weighted by atomic mass is 10.1. The predicted molar refractivity (Wildman–Crippen MR) is 91.8 cm³/mol. The van der Waals surface area contributed by atoms with E-state index in [1.807, 2.05) is 24.3 Å². The molecule has 5 heteroatoms. The van der Waals surface area contributed by atoms with Gasteiger partial charge in [-0.25, -0.2) is 0 Å². The maximum absolute atomic E-state index is 11.3. The molecule has 23 heavy (non-hydrogen) atoms. The Kier molecular flexibility index (Phi) is 4.44. The highest BCUT2D eigenvalue weighted by Gasteiger charge is 2.10. The molecule has 4 nitrogen and oxygen atoms in total. The van der Waals surface area contributed by atoms with E-state index in [2.05, 4.69) is 10.3 Å². The smallest absolute Gasteiger partial charge is 0.221 e. The molecular weight excluding hydrogens is 312 g/mol. The number of benzene rings is 2. The van der Waals surface area contributed by atoms with E-state index in [9.17, 15) is 4.79 Å². The Morgan fingerprint density at radius 1 is 1.22 bits per heavy atom. The molecule has 0 bridgehead atoms. The molecule has 1 aromatic heterocycles. The van der Waals surface area contributed by atoms with Crippen LogP contribution in [0.4, 0.5) is 5.69 Å². The molecule has 0 aliphatic carbocycles. The van der Waals surface area contributed by atoms with Crippen LogP contribution in [0.15, 0.2) is 54.9 Å². The second-order valence-electron chi connectivity index (χ2n) is 5.09. The summed E-state index contributed by atoms with van der Waals surface area (Å²) in [6.07, 6.45) is 3.52. The molecular formula is C18H15ClN2O2. The molecule has 0 atom stereocenters. The van der Waals surface area contributed by atoms with E-state index in [-0.39, 0.29) is 12.5 Å². The summed E-state index contributed by atoms with van der Waals surface area (Å²) in [5.74, 6) is 0.600. The van der Waals surface area contributed by atoms with Crippen molar-refractivity contribution in [3.8, 4) is 5.75 Å². The van der Waals surface area contributed by atoms with Crippen LogP contribution in [-0.2, 0) is 11.4 Å². The highest BCUT2D eigenvalue weighted by Crippen LogP contribution is 2.29. The van der Waals surface area contributed by atoms with E-state index in [0.717, 1.165) is 22.1 Å². The zero-order chi connectivity index (χ0) is 16.2. The van der Waals surface area contributed by atoms with Crippen molar-refractivity contribution in [2.75, 3.05) is 5.32 Å².